The highest BCUT2D eigenvalue weighted by molar-refractivity contribution is 6.76. The predicted molar refractivity (Wildman–Crippen MR) is 139 cm³/mol. The quantitative estimate of drug-likeness (QED) is 0.379. The highest BCUT2D eigenvalue weighted by Crippen LogP contribution is 2.32. The zero-order valence-corrected chi connectivity index (χ0v) is 21.7. The molecular weight excluding hydrogens is 461 g/mol. The molecule has 0 saturated carbocycles. The molecule has 7 heteroatoms. The lowest BCUT2D eigenvalue weighted by molar-refractivity contribution is -0.0233. The number of nitrogens with zero attached hydrogens (tertiary/aromatic N) is 1. The SMILES string of the molecule is C[Si](C)(C)CCOC(=O)N1CCC(c2ccc(F)cc2)C(OCc2ccc3ccc(O)cc3c2)C1. The second-order valence-corrected chi connectivity index (χ2v) is 16.2. The number of piperidine rings is 1. The van der Waals surface area contributed by atoms with Gasteiger partial charge in [0.2, 0.25) is 0 Å². The number of amides is 1. The first-order chi connectivity index (χ1) is 16.7. The maximum absolute atomic E-state index is 13.5. The molecule has 3 aromatic rings. The molecule has 1 aliphatic heterocycles. The molecule has 1 amide bonds. The highest BCUT2D eigenvalue weighted by atomic mass is 28.3. The monoisotopic (exact) mass is 495 g/mol. The number of fused-ring (bicyclic) bond motifs is 1. The van der Waals surface area contributed by atoms with Crippen molar-refractivity contribution >= 4 is 24.9 Å². The van der Waals surface area contributed by atoms with Gasteiger partial charge in [0.05, 0.1) is 25.9 Å². The van der Waals surface area contributed by atoms with Crippen molar-refractivity contribution in [2.24, 2.45) is 0 Å². The average molecular weight is 496 g/mol. The van der Waals surface area contributed by atoms with Gasteiger partial charge in [-0.3, -0.25) is 0 Å². The molecule has 5 nitrogen and oxygen atoms in total. The van der Waals surface area contributed by atoms with Crippen molar-refractivity contribution in [1.82, 2.24) is 4.90 Å². The first-order valence-corrected chi connectivity index (χ1v) is 15.9. The van der Waals surface area contributed by atoms with E-state index in [1.165, 1.54) is 12.1 Å². The van der Waals surface area contributed by atoms with E-state index < -0.39 is 8.07 Å². The van der Waals surface area contributed by atoms with Crippen LogP contribution < -0.4 is 0 Å². The number of hydrogen-bond acceptors (Lipinski definition) is 4. The van der Waals surface area contributed by atoms with Crippen molar-refractivity contribution in [3.05, 3.63) is 77.6 Å². The van der Waals surface area contributed by atoms with Crippen LogP contribution in [0.3, 0.4) is 0 Å². The number of phenolic OH excluding ortho intramolecular Hbond substituents is 1. The fraction of sp³-hybridized carbons (Fsp3) is 0.393. The summed E-state index contributed by atoms with van der Waals surface area (Å²) in [6.07, 6.45) is 0.166. The Balaban J connectivity index is 1.47. The molecule has 186 valence electrons. The molecule has 4 rings (SSSR count). The minimum absolute atomic E-state index is 0.0473. The van der Waals surface area contributed by atoms with Gasteiger partial charge in [0.15, 0.2) is 0 Å². The Labute approximate surface area is 207 Å². The van der Waals surface area contributed by atoms with Crippen molar-refractivity contribution < 1.29 is 23.8 Å². The van der Waals surface area contributed by atoms with Gasteiger partial charge in [-0.1, -0.05) is 50.0 Å². The summed E-state index contributed by atoms with van der Waals surface area (Å²) >= 11 is 0. The molecule has 1 aliphatic rings. The lowest BCUT2D eigenvalue weighted by Gasteiger charge is -2.38. The molecule has 0 aliphatic carbocycles. The predicted octanol–water partition coefficient (Wildman–Crippen LogP) is 6.53. The van der Waals surface area contributed by atoms with Crippen molar-refractivity contribution in [3.63, 3.8) is 0 Å². The lowest BCUT2D eigenvalue weighted by atomic mass is 9.87. The third-order valence-corrected chi connectivity index (χ3v) is 8.25. The van der Waals surface area contributed by atoms with E-state index in [1.54, 1.807) is 29.2 Å². The zero-order valence-electron chi connectivity index (χ0n) is 20.7. The number of ether oxygens (including phenoxy) is 2. The molecule has 35 heavy (non-hydrogen) atoms. The number of carbonyl (C=O) groups excluding carboxylic acids is 1. The second kappa shape index (κ2) is 10.8. The van der Waals surface area contributed by atoms with Crippen LogP contribution in [0.1, 0.15) is 23.5 Å². The summed E-state index contributed by atoms with van der Waals surface area (Å²) < 4.78 is 25.5. The van der Waals surface area contributed by atoms with Gasteiger partial charge in [0, 0.05) is 20.5 Å². The Morgan fingerprint density at radius 2 is 1.80 bits per heavy atom. The van der Waals surface area contributed by atoms with Gasteiger partial charge in [-0.15, -0.1) is 0 Å². The van der Waals surface area contributed by atoms with Crippen LogP contribution in [0.2, 0.25) is 25.7 Å². The second-order valence-electron chi connectivity index (χ2n) is 10.5. The average Bonchev–Trinajstić information content (AvgIpc) is 2.82. The smallest absolute Gasteiger partial charge is 0.409 e. The Kier molecular flexibility index (Phi) is 7.77. The number of likely N-dealkylation sites (tertiary alicyclic amines) is 1. The van der Waals surface area contributed by atoms with Crippen LogP contribution in [0.5, 0.6) is 5.75 Å². The third kappa shape index (κ3) is 6.83. The molecule has 0 spiro atoms. The van der Waals surface area contributed by atoms with Gasteiger partial charge >= 0.3 is 6.09 Å². The van der Waals surface area contributed by atoms with Crippen LogP contribution in [0, 0.1) is 5.82 Å². The van der Waals surface area contributed by atoms with Crippen LogP contribution in [0.4, 0.5) is 9.18 Å². The van der Waals surface area contributed by atoms with Gasteiger partial charge in [0.25, 0.3) is 0 Å². The molecule has 1 saturated heterocycles. The van der Waals surface area contributed by atoms with Gasteiger partial charge < -0.3 is 19.5 Å². The molecule has 1 heterocycles. The van der Waals surface area contributed by atoms with Gasteiger partial charge in [-0.2, -0.15) is 0 Å². The van der Waals surface area contributed by atoms with Crippen LogP contribution >= 0.6 is 0 Å². The normalized spacial score (nSPS) is 18.6. The minimum atomic E-state index is -1.29. The fourth-order valence-electron chi connectivity index (χ4n) is 4.45. The van der Waals surface area contributed by atoms with Crippen molar-refractivity contribution in [1.29, 1.82) is 0 Å². The van der Waals surface area contributed by atoms with E-state index in [2.05, 4.69) is 19.6 Å². The molecular formula is C28H34FNO4Si. The summed E-state index contributed by atoms with van der Waals surface area (Å²) in [5.41, 5.74) is 1.99. The van der Waals surface area contributed by atoms with Gasteiger partial charge in [0.1, 0.15) is 11.6 Å². The van der Waals surface area contributed by atoms with E-state index in [-0.39, 0.29) is 29.7 Å². The summed E-state index contributed by atoms with van der Waals surface area (Å²) in [7, 11) is -1.29. The highest BCUT2D eigenvalue weighted by Gasteiger charge is 2.34. The number of aromatic hydroxyl groups is 1. The zero-order chi connectivity index (χ0) is 25.0. The Morgan fingerprint density at radius 3 is 2.54 bits per heavy atom. The molecule has 1 fully saturated rings. The lowest BCUT2D eigenvalue weighted by Crippen LogP contribution is -2.47. The number of benzene rings is 3. The van der Waals surface area contributed by atoms with E-state index in [0.29, 0.717) is 32.7 Å². The molecule has 2 atom stereocenters. The van der Waals surface area contributed by atoms with E-state index in [4.69, 9.17) is 9.47 Å². The number of hydrogen-bond donors (Lipinski definition) is 1. The van der Waals surface area contributed by atoms with Crippen LogP contribution in [0.25, 0.3) is 10.8 Å². The summed E-state index contributed by atoms with van der Waals surface area (Å²) in [6.45, 7) is 8.58. The molecule has 2 unspecified atom stereocenters. The van der Waals surface area contributed by atoms with Crippen LogP contribution in [-0.4, -0.2) is 50.0 Å². The summed E-state index contributed by atoms with van der Waals surface area (Å²) in [4.78, 5) is 14.5. The minimum Gasteiger partial charge on any atom is -0.508 e. The van der Waals surface area contributed by atoms with Crippen LogP contribution in [0.15, 0.2) is 60.7 Å². The molecule has 1 N–H and O–H groups in total. The summed E-state index contributed by atoms with van der Waals surface area (Å²) in [5, 5.41) is 11.8. The van der Waals surface area contributed by atoms with Crippen molar-refractivity contribution in [2.45, 2.75) is 50.7 Å². The van der Waals surface area contributed by atoms with Gasteiger partial charge in [-0.25, -0.2) is 9.18 Å². The fourth-order valence-corrected chi connectivity index (χ4v) is 5.17. The maximum Gasteiger partial charge on any atom is 0.409 e. The Morgan fingerprint density at radius 1 is 1.06 bits per heavy atom. The topological polar surface area (TPSA) is 59.0 Å². The number of halogens is 1. The van der Waals surface area contributed by atoms with E-state index >= 15 is 0 Å². The first kappa shape index (κ1) is 25.2. The summed E-state index contributed by atoms with van der Waals surface area (Å²) in [5.74, 6) is 0.00249. The van der Waals surface area contributed by atoms with Crippen LogP contribution in [-0.2, 0) is 16.1 Å². The Hall–Kier alpha value is -2.90. The number of carbonyl (C=O) groups is 1. The number of rotatable bonds is 7. The molecule has 0 bridgehead atoms. The van der Waals surface area contributed by atoms with E-state index in [1.807, 2.05) is 24.3 Å². The molecule has 3 aromatic carbocycles. The van der Waals surface area contributed by atoms with Gasteiger partial charge in [-0.05, 0) is 64.7 Å². The largest absolute Gasteiger partial charge is 0.508 e. The summed E-state index contributed by atoms with van der Waals surface area (Å²) in [6, 6.07) is 18.8. The first-order valence-electron chi connectivity index (χ1n) is 12.2. The third-order valence-electron chi connectivity index (χ3n) is 6.55. The Bertz CT molecular complexity index is 1160. The maximum atomic E-state index is 13.5. The van der Waals surface area contributed by atoms with E-state index in [0.717, 1.165) is 27.9 Å². The number of phenols is 1. The molecule has 0 radical (unpaired) electrons. The van der Waals surface area contributed by atoms with Crippen molar-refractivity contribution in [3.8, 4) is 5.75 Å². The molecule has 0 aromatic heterocycles. The van der Waals surface area contributed by atoms with Crippen molar-refractivity contribution in [2.75, 3.05) is 19.7 Å². The standard InChI is InChI=1S/C28H34FNO4Si/c1-35(2,3)15-14-33-28(32)30-13-12-26(22-6-9-24(29)10-7-22)27(18-30)34-19-20-4-5-21-8-11-25(31)17-23(21)16-20/h4-11,16-17,26-27,31H,12-15,18-19H2,1-3H3. The van der Waals surface area contributed by atoms with E-state index in [9.17, 15) is 14.3 Å².